The van der Waals surface area contributed by atoms with E-state index in [1.807, 2.05) is 18.2 Å². The van der Waals surface area contributed by atoms with Gasteiger partial charge in [-0.3, -0.25) is 9.78 Å². The first-order chi connectivity index (χ1) is 11.6. The molecule has 3 aromatic rings. The molecule has 0 spiro atoms. The Labute approximate surface area is 137 Å². The Morgan fingerprint density at radius 3 is 2.75 bits per heavy atom. The number of carbonyl (C=O) groups is 1. The number of para-hydroxylation sites is 1. The maximum atomic E-state index is 13.8. The summed E-state index contributed by atoms with van der Waals surface area (Å²) in [6.07, 6.45) is 3.44. The van der Waals surface area contributed by atoms with Crippen LogP contribution >= 0.6 is 0 Å². The maximum Gasteiger partial charge on any atom is 0.275 e. The molecule has 0 radical (unpaired) electrons. The van der Waals surface area contributed by atoms with Crippen LogP contribution in [0.25, 0.3) is 5.69 Å². The third-order valence-electron chi connectivity index (χ3n) is 3.40. The van der Waals surface area contributed by atoms with E-state index in [9.17, 15) is 14.3 Å². The largest absolute Gasteiger partial charge is 0.504 e. The Bertz CT molecular complexity index is 849. The molecular weight excluding hydrogens is 311 g/mol. The summed E-state index contributed by atoms with van der Waals surface area (Å²) in [6.45, 7) is 0.349. The van der Waals surface area contributed by atoms with Gasteiger partial charge in [-0.05, 0) is 24.3 Å². The summed E-state index contributed by atoms with van der Waals surface area (Å²) in [7, 11) is 0. The SMILES string of the molecule is O=C(NCCc1ccccn1)c1nn(-c2ccccc2F)cc1O. The molecule has 2 N–H and O–H groups in total. The molecule has 2 aromatic heterocycles. The van der Waals surface area contributed by atoms with Crippen molar-refractivity contribution in [1.82, 2.24) is 20.1 Å². The number of benzene rings is 1. The van der Waals surface area contributed by atoms with Crippen LogP contribution in [0.2, 0.25) is 0 Å². The predicted octanol–water partition coefficient (Wildman–Crippen LogP) is 2.08. The molecule has 24 heavy (non-hydrogen) atoms. The number of nitrogens with one attached hydrogen (secondary N) is 1. The highest BCUT2D eigenvalue weighted by atomic mass is 19.1. The summed E-state index contributed by atoms with van der Waals surface area (Å²) in [6, 6.07) is 11.5. The van der Waals surface area contributed by atoms with Gasteiger partial charge in [-0.25, -0.2) is 9.07 Å². The van der Waals surface area contributed by atoms with Crippen LogP contribution in [-0.4, -0.2) is 32.3 Å². The number of rotatable bonds is 5. The van der Waals surface area contributed by atoms with Gasteiger partial charge >= 0.3 is 0 Å². The van der Waals surface area contributed by atoms with Gasteiger partial charge in [0.2, 0.25) is 0 Å². The summed E-state index contributed by atoms with van der Waals surface area (Å²) in [5.41, 5.74) is 0.846. The van der Waals surface area contributed by atoms with E-state index in [0.29, 0.717) is 13.0 Å². The van der Waals surface area contributed by atoms with Gasteiger partial charge in [0.1, 0.15) is 11.5 Å². The van der Waals surface area contributed by atoms with Crippen LogP contribution in [0.15, 0.2) is 54.9 Å². The van der Waals surface area contributed by atoms with Crippen molar-refractivity contribution in [2.45, 2.75) is 6.42 Å². The molecule has 1 aromatic carbocycles. The Kier molecular flexibility index (Phi) is 4.51. The lowest BCUT2D eigenvalue weighted by Gasteiger charge is -2.03. The monoisotopic (exact) mass is 326 g/mol. The fourth-order valence-corrected chi connectivity index (χ4v) is 2.22. The van der Waals surface area contributed by atoms with Crippen molar-refractivity contribution in [3.8, 4) is 11.4 Å². The van der Waals surface area contributed by atoms with E-state index in [1.54, 1.807) is 18.3 Å². The molecule has 2 heterocycles. The summed E-state index contributed by atoms with van der Waals surface area (Å²) < 4.78 is 14.9. The lowest BCUT2D eigenvalue weighted by Crippen LogP contribution is -2.26. The minimum atomic E-state index is -0.529. The van der Waals surface area contributed by atoms with Crippen molar-refractivity contribution in [3.63, 3.8) is 0 Å². The zero-order valence-corrected chi connectivity index (χ0v) is 12.7. The van der Waals surface area contributed by atoms with Gasteiger partial charge in [0, 0.05) is 24.9 Å². The molecule has 0 fully saturated rings. The lowest BCUT2D eigenvalue weighted by atomic mass is 10.2. The zero-order chi connectivity index (χ0) is 16.9. The highest BCUT2D eigenvalue weighted by Gasteiger charge is 2.17. The highest BCUT2D eigenvalue weighted by molar-refractivity contribution is 5.94. The van der Waals surface area contributed by atoms with Crippen molar-refractivity contribution in [1.29, 1.82) is 0 Å². The van der Waals surface area contributed by atoms with Gasteiger partial charge in [0.05, 0.1) is 6.20 Å². The first-order valence-electron chi connectivity index (χ1n) is 7.37. The lowest BCUT2D eigenvalue weighted by molar-refractivity contribution is 0.0946. The van der Waals surface area contributed by atoms with E-state index in [2.05, 4.69) is 15.4 Å². The van der Waals surface area contributed by atoms with Crippen molar-refractivity contribution in [3.05, 3.63) is 72.1 Å². The third-order valence-corrected chi connectivity index (χ3v) is 3.40. The number of aromatic nitrogens is 3. The van der Waals surface area contributed by atoms with Crippen LogP contribution < -0.4 is 5.32 Å². The van der Waals surface area contributed by atoms with E-state index in [4.69, 9.17) is 0 Å². The molecule has 0 saturated carbocycles. The van der Waals surface area contributed by atoms with Gasteiger partial charge in [-0.2, -0.15) is 5.10 Å². The number of pyridine rings is 1. The van der Waals surface area contributed by atoms with E-state index >= 15 is 0 Å². The quantitative estimate of drug-likeness (QED) is 0.752. The summed E-state index contributed by atoms with van der Waals surface area (Å²) in [5.74, 6) is -1.34. The first kappa shape index (κ1) is 15.7. The average Bonchev–Trinajstić information content (AvgIpc) is 2.98. The molecule has 3 rings (SSSR count). The second-order valence-corrected chi connectivity index (χ2v) is 5.09. The minimum Gasteiger partial charge on any atom is -0.504 e. The highest BCUT2D eigenvalue weighted by Crippen LogP contribution is 2.19. The van der Waals surface area contributed by atoms with Crippen LogP contribution in [0.5, 0.6) is 5.75 Å². The summed E-state index contributed by atoms with van der Waals surface area (Å²) >= 11 is 0. The number of aromatic hydroxyl groups is 1. The van der Waals surface area contributed by atoms with Crippen LogP contribution in [0, 0.1) is 5.82 Å². The number of carbonyl (C=O) groups excluding carboxylic acids is 1. The first-order valence-corrected chi connectivity index (χ1v) is 7.37. The van der Waals surface area contributed by atoms with Gasteiger partial charge in [0.25, 0.3) is 5.91 Å². The molecule has 0 aliphatic rings. The van der Waals surface area contributed by atoms with Crippen LogP contribution in [0.1, 0.15) is 16.2 Å². The number of hydrogen-bond acceptors (Lipinski definition) is 4. The predicted molar refractivity (Wildman–Crippen MR) is 85.5 cm³/mol. The second kappa shape index (κ2) is 6.91. The summed E-state index contributed by atoms with van der Waals surface area (Å²) in [5, 5.41) is 16.5. The van der Waals surface area contributed by atoms with Gasteiger partial charge < -0.3 is 10.4 Å². The fourth-order valence-electron chi connectivity index (χ4n) is 2.22. The van der Waals surface area contributed by atoms with E-state index < -0.39 is 11.7 Å². The number of halogens is 1. The third kappa shape index (κ3) is 3.40. The molecule has 0 aliphatic carbocycles. The fraction of sp³-hybridized carbons (Fsp3) is 0.118. The smallest absolute Gasteiger partial charge is 0.275 e. The normalized spacial score (nSPS) is 10.5. The molecule has 0 unspecified atom stereocenters. The Hall–Kier alpha value is -3.22. The molecule has 0 bridgehead atoms. The van der Waals surface area contributed by atoms with Crippen LogP contribution in [0.4, 0.5) is 4.39 Å². The molecule has 6 nitrogen and oxygen atoms in total. The van der Waals surface area contributed by atoms with E-state index in [0.717, 1.165) is 10.4 Å². The zero-order valence-electron chi connectivity index (χ0n) is 12.7. The minimum absolute atomic E-state index is 0.153. The molecule has 0 atom stereocenters. The van der Waals surface area contributed by atoms with Crippen LogP contribution in [0.3, 0.4) is 0 Å². The maximum absolute atomic E-state index is 13.8. The van der Waals surface area contributed by atoms with Crippen molar-refractivity contribution in [2.24, 2.45) is 0 Å². The van der Waals surface area contributed by atoms with E-state index in [1.165, 1.54) is 18.3 Å². The molecule has 1 amide bonds. The Morgan fingerprint density at radius 1 is 1.21 bits per heavy atom. The average molecular weight is 326 g/mol. The van der Waals surface area contributed by atoms with Gasteiger partial charge in [-0.15, -0.1) is 0 Å². The Balaban J connectivity index is 1.68. The summed E-state index contributed by atoms with van der Waals surface area (Å²) in [4.78, 5) is 16.3. The topological polar surface area (TPSA) is 80.0 Å². The second-order valence-electron chi connectivity index (χ2n) is 5.09. The molecule has 0 saturated heterocycles. The number of nitrogens with zero attached hydrogens (tertiary/aromatic N) is 3. The molecule has 122 valence electrons. The van der Waals surface area contributed by atoms with Crippen molar-refractivity contribution >= 4 is 5.91 Å². The molecule has 7 heteroatoms. The van der Waals surface area contributed by atoms with E-state index in [-0.39, 0.29) is 17.1 Å². The number of amides is 1. The Morgan fingerprint density at radius 2 is 2.00 bits per heavy atom. The van der Waals surface area contributed by atoms with Crippen molar-refractivity contribution < 1.29 is 14.3 Å². The van der Waals surface area contributed by atoms with Crippen molar-refractivity contribution in [2.75, 3.05) is 6.54 Å². The molecular formula is C17H15FN4O2. The van der Waals surface area contributed by atoms with Gasteiger partial charge in [0.15, 0.2) is 11.4 Å². The standard InChI is InChI=1S/C17H15FN4O2/c18-13-6-1-2-7-14(13)22-11-15(23)16(21-22)17(24)20-10-8-12-5-3-4-9-19-12/h1-7,9,11,23H,8,10H2,(H,20,24). The molecule has 0 aliphatic heterocycles. The number of hydrogen-bond donors (Lipinski definition) is 2. The van der Waals surface area contributed by atoms with Gasteiger partial charge in [-0.1, -0.05) is 18.2 Å². The van der Waals surface area contributed by atoms with Crippen LogP contribution in [-0.2, 0) is 6.42 Å².